The zero-order valence-electron chi connectivity index (χ0n) is 28.1. The summed E-state index contributed by atoms with van der Waals surface area (Å²) in [5.74, 6) is -0.741. The van der Waals surface area contributed by atoms with Crippen molar-refractivity contribution in [2.45, 2.75) is 75.0 Å². The van der Waals surface area contributed by atoms with E-state index in [1.165, 1.54) is 26.3 Å². The summed E-state index contributed by atoms with van der Waals surface area (Å²) in [7, 11) is 3.22. The van der Waals surface area contributed by atoms with Crippen LogP contribution in [-0.2, 0) is 31.2 Å². The largest absolute Gasteiger partial charge is 0.284 e. The van der Waals surface area contributed by atoms with Gasteiger partial charge in [0.25, 0.3) is 11.8 Å². The summed E-state index contributed by atoms with van der Waals surface area (Å²) in [5.41, 5.74) is 4.99. The van der Waals surface area contributed by atoms with E-state index in [1.807, 2.05) is 12.1 Å². The molecule has 0 bridgehead atoms. The van der Waals surface area contributed by atoms with Crippen molar-refractivity contribution in [2.24, 2.45) is 0 Å². The second-order valence-electron chi connectivity index (χ2n) is 14.7. The van der Waals surface area contributed by atoms with E-state index in [1.54, 1.807) is 14.1 Å². The third kappa shape index (κ3) is 2.27. The second kappa shape index (κ2) is 8.23. The maximum Gasteiger partial charge on any atom is 0.261 e. The minimum atomic E-state index is -0.991. The summed E-state index contributed by atoms with van der Waals surface area (Å²) in [4.78, 5) is 58.8. The summed E-state index contributed by atoms with van der Waals surface area (Å²) in [6.07, 6.45) is 2.65. The molecule has 2 heterocycles. The fourth-order valence-electron chi connectivity index (χ4n) is 12.4. The van der Waals surface area contributed by atoms with Crippen LogP contribution in [0.15, 0.2) is 60.7 Å². The Morgan fingerprint density at radius 2 is 0.875 bits per heavy atom. The van der Waals surface area contributed by atoms with E-state index in [-0.39, 0.29) is 23.6 Å². The monoisotopic (exact) mass is 632 g/mol. The van der Waals surface area contributed by atoms with Gasteiger partial charge < -0.3 is 0 Å². The molecule has 5 aliphatic rings. The quantitative estimate of drug-likeness (QED) is 0.153. The van der Waals surface area contributed by atoms with Crippen molar-refractivity contribution in [1.29, 1.82) is 0 Å². The first-order valence-corrected chi connectivity index (χ1v) is 17.4. The Balaban J connectivity index is 1.46. The third-order valence-corrected chi connectivity index (χ3v) is 14.0. The number of hydrogen-bond donors (Lipinski definition) is 0. The molecule has 2 aliphatic heterocycles. The fourth-order valence-corrected chi connectivity index (χ4v) is 12.4. The number of carbonyl (C=O) groups is 4. The summed E-state index contributed by atoms with van der Waals surface area (Å²) < 4.78 is 0. The Hall–Kier alpha value is -4.84. The molecule has 0 aromatic heterocycles. The number of nitrogens with zero attached hydrogens (tertiary/aromatic N) is 2. The Labute approximate surface area is 278 Å². The number of hydrogen-bond acceptors (Lipinski definition) is 4. The van der Waals surface area contributed by atoms with Gasteiger partial charge in [0.2, 0.25) is 11.8 Å². The molecule has 0 N–H and O–H groups in total. The molecule has 238 valence electrons. The Morgan fingerprint density at radius 1 is 0.458 bits per heavy atom. The highest BCUT2D eigenvalue weighted by Gasteiger charge is 2.74. The van der Waals surface area contributed by atoms with E-state index in [2.05, 4.69) is 76.2 Å². The summed E-state index contributed by atoms with van der Waals surface area (Å²) in [6, 6.07) is 21.2. The number of rotatable bonds is 4. The molecule has 48 heavy (non-hydrogen) atoms. The first kappa shape index (κ1) is 28.2. The normalized spacial score (nSPS) is 29.0. The van der Waals surface area contributed by atoms with Gasteiger partial charge in [-0.15, -0.1) is 0 Å². The van der Waals surface area contributed by atoms with Crippen molar-refractivity contribution in [3.63, 3.8) is 0 Å². The lowest BCUT2D eigenvalue weighted by atomic mass is 9.56. The van der Waals surface area contributed by atoms with Crippen molar-refractivity contribution >= 4 is 55.9 Å². The Kier molecular flexibility index (Phi) is 4.83. The van der Waals surface area contributed by atoms with Crippen LogP contribution in [0.3, 0.4) is 0 Å². The van der Waals surface area contributed by atoms with E-state index in [9.17, 15) is 19.2 Å². The van der Waals surface area contributed by atoms with Crippen LogP contribution in [-0.4, -0.2) is 47.5 Å². The van der Waals surface area contributed by atoms with Crippen LogP contribution < -0.4 is 0 Å². The zero-order valence-corrected chi connectivity index (χ0v) is 28.1. The van der Waals surface area contributed by atoms with Crippen LogP contribution in [0.5, 0.6) is 0 Å². The lowest BCUT2D eigenvalue weighted by Crippen LogP contribution is -2.48. The Bertz CT molecular complexity index is 2470. The van der Waals surface area contributed by atoms with Crippen LogP contribution in [0.1, 0.15) is 107 Å². The molecule has 0 spiro atoms. The predicted octanol–water partition coefficient (Wildman–Crippen LogP) is 7.40. The molecule has 1 fully saturated rings. The maximum absolute atomic E-state index is 14.6. The van der Waals surface area contributed by atoms with Crippen molar-refractivity contribution < 1.29 is 19.2 Å². The van der Waals surface area contributed by atoms with E-state index in [4.69, 9.17) is 0 Å². The lowest BCUT2D eigenvalue weighted by Gasteiger charge is -2.44. The Morgan fingerprint density at radius 3 is 1.40 bits per heavy atom. The number of likely N-dealkylation sites (N-methyl/N-ethyl adjacent to an activating group) is 1. The molecule has 6 nitrogen and oxygen atoms in total. The smallest absolute Gasteiger partial charge is 0.261 e. The fraction of sp³-hybridized carbons (Fsp3) is 0.333. The van der Waals surface area contributed by atoms with Gasteiger partial charge in [-0.25, -0.2) is 0 Å². The van der Waals surface area contributed by atoms with Crippen molar-refractivity contribution in [1.82, 2.24) is 9.80 Å². The maximum atomic E-state index is 14.6. The SMILES string of the molecule is CCC12C(=O)N(C)C(=O)C1(CC)c1c3ccccc3c3c4c(ccc2c14)C1(CC)c2ccc4c5c(ccc(c25)C31CC)C(=O)N(C)C4=O. The zero-order chi connectivity index (χ0) is 33.4. The molecule has 6 heteroatoms. The van der Waals surface area contributed by atoms with Crippen molar-refractivity contribution in [3.8, 4) is 0 Å². The van der Waals surface area contributed by atoms with Crippen LogP contribution in [0.25, 0.3) is 32.3 Å². The average molecular weight is 633 g/mol. The van der Waals surface area contributed by atoms with Gasteiger partial charge >= 0.3 is 0 Å². The molecule has 5 aromatic carbocycles. The number of fused-ring (bicyclic) bond motifs is 11. The lowest BCUT2D eigenvalue weighted by molar-refractivity contribution is -0.138. The summed E-state index contributed by atoms with van der Waals surface area (Å²) >= 11 is 0. The molecule has 10 rings (SSSR count). The predicted molar refractivity (Wildman–Crippen MR) is 186 cm³/mol. The number of carbonyl (C=O) groups excluding carboxylic acids is 4. The third-order valence-electron chi connectivity index (χ3n) is 14.0. The minimum Gasteiger partial charge on any atom is -0.284 e. The topological polar surface area (TPSA) is 74.8 Å². The highest BCUT2D eigenvalue weighted by molar-refractivity contribution is 6.29. The van der Waals surface area contributed by atoms with Crippen LogP contribution in [0.2, 0.25) is 0 Å². The first-order valence-electron chi connectivity index (χ1n) is 17.4. The van der Waals surface area contributed by atoms with Gasteiger partial charge in [-0.2, -0.15) is 0 Å². The van der Waals surface area contributed by atoms with E-state index >= 15 is 0 Å². The van der Waals surface area contributed by atoms with Gasteiger partial charge in [-0.3, -0.25) is 29.0 Å². The van der Waals surface area contributed by atoms with Gasteiger partial charge in [0.1, 0.15) is 0 Å². The van der Waals surface area contributed by atoms with Crippen LogP contribution >= 0.6 is 0 Å². The molecular formula is C42H36N2O4. The minimum absolute atomic E-state index is 0.104. The number of benzene rings is 5. The van der Waals surface area contributed by atoms with E-state index in [0.717, 1.165) is 62.0 Å². The summed E-state index contributed by atoms with van der Waals surface area (Å²) in [6.45, 7) is 8.67. The molecular weight excluding hydrogens is 596 g/mol. The molecule has 3 aliphatic carbocycles. The highest BCUT2D eigenvalue weighted by Crippen LogP contribution is 2.74. The average Bonchev–Trinajstić information content (AvgIpc) is 3.70. The van der Waals surface area contributed by atoms with Crippen LogP contribution in [0, 0.1) is 0 Å². The highest BCUT2D eigenvalue weighted by atomic mass is 16.2. The van der Waals surface area contributed by atoms with Crippen molar-refractivity contribution in [3.05, 3.63) is 105 Å². The molecule has 1 saturated heterocycles. The van der Waals surface area contributed by atoms with E-state index < -0.39 is 21.7 Å². The molecule has 0 saturated carbocycles. The van der Waals surface area contributed by atoms with Gasteiger partial charge in [-0.05, 0) is 98.1 Å². The second-order valence-corrected chi connectivity index (χ2v) is 14.7. The number of imide groups is 2. The first-order chi connectivity index (χ1) is 23.1. The van der Waals surface area contributed by atoms with Gasteiger partial charge in [0, 0.05) is 41.4 Å². The molecule has 4 unspecified atom stereocenters. The molecule has 4 amide bonds. The molecule has 0 radical (unpaired) electrons. The van der Waals surface area contributed by atoms with E-state index in [0.29, 0.717) is 24.0 Å². The molecule has 4 atom stereocenters. The van der Waals surface area contributed by atoms with Gasteiger partial charge in [-0.1, -0.05) is 76.2 Å². The number of likely N-dealkylation sites (tertiary alicyclic amines) is 1. The van der Waals surface area contributed by atoms with Crippen molar-refractivity contribution in [2.75, 3.05) is 14.1 Å². The van der Waals surface area contributed by atoms with Gasteiger partial charge in [0.05, 0.1) is 10.8 Å². The molecule has 5 aromatic rings. The number of amides is 4. The summed E-state index contributed by atoms with van der Waals surface area (Å²) in [5, 5.41) is 6.26. The van der Waals surface area contributed by atoms with Gasteiger partial charge in [0.15, 0.2) is 0 Å². The standard InChI is InChI=1S/C42H36N2O4/c1-7-39-25-17-15-23-29-24(36(46)43(5)35(23)45)16-18-26(30(25)29)40(39,8-2)33-21-13-11-12-14-22(21)34-32-28(20-19-27(39)31(32)33)41(9-3)37(47)44(6)38(48)42(34,41)10-4/h11-20H,7-10H2,1-6H3. The van der Waals surface area contributed by atoms with Crippen LogP contribution in [0.4, 0.5) is 0 Å².